The molecule has 0 radical (unpaired) electrons. The smallest absolute Gasteiger partial charge is 0.0818 e. The van der Waals surface area contributed by atoms with Gasteiger partial charge in [0.2, 0.25) is 0 Å². The topological polar surface area (TPSA) is 12.9 Å². The van der Waals surface area contributed by atoms with E-state index < -0.39 is 0 Å². The van der Waals surface area contributed by atoms with Crippen LogP contribution in [-0.4, -0.2) is 4.98 Å². The van der Waals surface area contributed by atoms with Gasteiger partial charge in [-0.15, -0.1) is 11.3 Å². The molecule has 0 N–H and O–H groups in total. The van der Waals surface area contributed by atoms with Crippen LogP contribution in [0, 0.1) is 0 Å². The van der Waals surface area contributed by atoms with E-state index in [2.05, 4.69) is 47.4 Å². The van der Waals surface area contributed by atoms with Crippen molar-refractivity contribution in [2.45, 2.75) is 0 Å². The zero-order valence-corrected chi connectivity index (χ0v) is 8.87. The van der Waals surface area contributed by atoms with Gasteiger partial charge >= 0.3 is 0 Å². The molecule has 2 aromatic carbocycles. The van der Waals surface area contributed by atoms with Crippen LogP contribution < -0.4 is 0 Å². The molecule has 0 bridgehead atoms. The van der Waals surface area contributed by atoms with Gasteiger partial charge < -0.3 is 0 Å². The molecule has 0 unspecified atom stereocenters. The van der Waals surface area contributed by atoms with Crippen LogP contribution in [0.1, 0.15) is 0 Å². The molecule has 0 aliphatic rings. The van der Waals surface area contributed by atoms with Crippen LogP contribution in [0.15, 0.2) is 54.0 Å². The molecule has 3 aromatic rings. The van der Waals surface area contributed by atoms with Gasteiger partial charge in [0.15, 0.2) is 0 Å². The summed E-state index contributed by atoms with van der Waals surface area (Å²) >= 11 is 1.68. The maximum absolute atomic E-state index is 4.32. The molecule has 0 atom stereocenters. The van der Waals surface area contributed by atoms with Crippen molar-refractivity contribution >= 4 is 21.6 Å². The summed E-state index contributed by atoms with van der Waals surface area (Å²) in [5, 5.41) is 0. The number of nitrogens with zero attached hydrogens (tertiary/aromatic N) is 1. The van der Waals surface area contributed by atoms with Crippen LogP contribution in [0.2, 0.25) is 0 Å². The monoisotopic (exact) mass is 211 g/mol. The molecule has 0 amide bonds. The molecule has 15 heavy (non-hydrogen) atoms. The maximum atomic E-state index is 4.32. The second-order valence-electron chi connectivity index (χ2n) is 3.40. The summed E-state index contributed by atoms with van der Waals surface area (Å²) in [6, 6.07) is 16.8. The molecule has 1 aromatic heterocycles. The Bertz CT molecular complexity index is 584. The average molecular weight is 211 g/mol. The summed E-state index contributed by atoms with van der Waals surface area (Å²) in [6.07, 6.45) is 0. The van der Waals surface area contributed by atoms with Crippen LogP contribution in [0.3, 0.4) is 0 Å². The lowest BCUT2D eigenvalue weighted by Gasteiger charge is -2.00. The van der Waals surface area contributed by atoms with Gasteiger partial charge in [0.05, 0.1) is 15.7 Å². The molecular weight excluding hydrogens is 202 g/mol. The summed E-state index contributed by atoms with van der Waals surface area (Å²) in [5.41, 5.74) is 5.45. The second kappa shape index (κ2) is 3.48. The Hall–Kier alpha value is -1.67. The fourth-order valence-electron chi connectivity index (χ4n) is 1.67. The van der Waals surface area contributed by atoms with E-state index >= 15 is 0 Å². The first-order valence-corrected chi connectivity index (χ1v) is 5.70. The molecule has 1 heterocycles. The van der Waals surface area contributed by atoms with Gasteiger partial charge in [0, 0.05) is 0 Å². The zero-order valence-electron chi connectivity index (χ0n) is 8.05. The first-order chi connectivity index (χ1) is 7.43. The van der Waals surface area contributed by atoms with E-state index in [1.165, 1.54) is 15.8 Å². The van der Waals surface area contributed by atoms with Gasteiger partial charge in [-0.05, 0) is 23.3 Å². The van der Waals surface area contributed by atoms with E-state index in [1.54, 1.807) is 11.3 Å². The van der Waals surface area contributed by atoms with Crippen LogP contribution in [0.25, 0.3) is 21.3 Å². The Morgan fingerprint density at radius 1 is 0.867 bits per heavy atom. The Balaban J connectivity index is 2.19. The van der Waals surface area contributed by atoms with Crippen molar-refractivity contribution in [3.63, 3.8) is 0 Å². The highest BCUT2D eigenvalue weighted by molar-refractivity contribution is 7.16. The highest BCUT2D eigenvalue weighted by Gasteiger charge is 2.00. The number of rotatable bonds is 1. The van der Waals surface area contributed by atoms with Crippen molar-refractivity contribution in [3.8, 4) is 11.1 Å². The lowest BCUT2D eigenvalue weighted by atomic mass is 10.1. The van der Waals surface area contributed by atoms with Gasteiger partial charge in [-0.2, -0.15) is 0 Å². The molecule has 0 saturated carbocycles. The molecule has 72 valence electrons. The van der Waals surface area contributed by atoms with E-state index in [9.17, 15) is 0 Å². The predicted octanol–water partition coefficient (Wildman–Crippen LogP) is 3.96. The van der Waals surface area contributed by atoms with E-state index in [0.29, 0.717) is 0 Å². The van der Waals surface area contributed by atoms with Crippen molar-refractivity contribution in [3.05, 3.63) is 54.0 Å². The van der Waals surface area contributed by atoms with Crippen molar-refractivity contribution < 1.29 is 0 Å². The van der Waals surface area contributed by atoms with E-state index in [4.69, 9.17) is 0 Å². The third-order valence-corrected chi connectivity index (χ3v) is 3.25. The van der Waals surface area contributed by atoms with Gasteiger partial charge in [-0.25, -0.2) is 4.98 Å². The van der Waals surface area contributed by atoms with Crippen LogP contribution in [0.4, 0.5) is 0 Å². The fourth-order valence-corrected chi connectivity index (χ4v) is 2.33. The minimum absolute atomic E-state index is 1.08. The first-order valence-electron chi connectivity index (χ1n) is 4.82. The van der Waals surface area contributed by atoms with Crippen molar-refractivity contribution in [2.24, 2.45) is 0 Å². The van der Waals surface area contributed by atoms with Gasteiger partial charge in [0.1, 0.15) is 0 Å². The number of hydrogen-bond acceptors (Lipinski definition) is 2. The number of benzene rings is 2. The maximum Gasteiger partial charge on any atom is 0.0818 e. The summed E-state index contributed by atoms with van der Waals surface area (Å²) in [4.78, 5) is 4.32. The van der Waals surface area contributed by atoms with Crippen LogP contribution in [0.5, 0.6) is 0 Å². The molecule has 0 fully saturated rings. The zero-order chi connectivity index (χ0) is 10.1. The standard InChI is InChI=1S/C13H9NS/c1-2-4-10(5-3-1)11-6-7-13-12(8-11)14-9-15-13/h1-9H. The van der Waals surface area contributed by atoms with E-state index in [0.717, 1.165) is 5.52 Å². The first kappa shape index (κ1) is 8.62. The van der Waals surface area contributed by atoms with E-state index in [-0.39, 0.29) is 0 Å². The highest BCUT2D eigenvalue weighted by atomic mass is 32.1. The van der Waals surface area contributed by atoms with E-state index in [1.807, 2.05) is 11.6 Å². The summed E-state index contributed by atoms with van der Waals surface area (Å²) < 4.78 is 1.25. The predicted molar refractivity (Wildman–Crippen MR) is 65.1 cm³/mol. The number of fused-ring (bicyclic) bond motifs is 1. The highest BCUT2D eigenvalue weighted by Crippen LogP contribution is 2.25. The average Bonchev–Trinajstić information content (AvgIpc) is 2.77. The Morgan fingerprint density at radius 2 is 1.73 bits per heavy atom. The molecule has 3 rings (SSSR count). The summed E-state index contributed by atoms with van der Waals surface area (Å²) in [7, 11) is 0. The third kappa shape index (κ3) is 1.53. The molecule has 0 saturated heterocycles. The minimum atomic E-state index is 1.08. The van der Waals surface area contributed by atoms with Crippen LogP contribution >= 0.6 is 11.3 Å². The van der Waals surface area contributed by atoms with Crippen molar-refractivity contribution in [2.75, 3.05) is 0 Å². The van der Waals surface area contributed by atoms with Crippen molar-refractivity contribution in [1.29, 1.82) is 0 Å². The number of aromatic nitrogens is 1. The number of hydrogen-bond donors (Lipinski definition) is 0. The van der Waals surface area contributed by atoms with Crippen molar-refractivity contribution in [1.82, 2.24) is 4.98 Å². The lowest BCUT2D eigenvalue weighted by molar-refractivity contribution is 1.50. The molecule has 1 nitrogen and oxygen atoms in total. The summed E-state index contributed by atoms with van der Waals surface area (Å²) in [6.45, 7) is 0. The Kier molecular flexibility index (Phi) is 2.00. The molecule has 2 heteroatoms. The van der Waals surface area contributed by atoms with Gasteiger partial charge in [-0.3, -0.25) is 0 Å². The third-order valence-electron chi connectivity index (χ3n) is 2.44. The normalized spacial score (nSPS) is 10.7. The van der Waals surface area contributed by atoms with Crippen LogP contribution in [-0.2, 0) is 0 Å². The number of thiazole rings is 1. The second-order valence-corrected chi connectivity index (χ2v) is 4.29. The largest absolute Gasteiger partial charge is 0.245 e. The minimum Gasteiger partial charge on any atom is -0.245 e. The molecule has 0 aliphatic carbocycles. The lowest BCUT2D eigenvalue weighted by Crippen LogP contribution is -1.76. The quantitative estimate of drug-likeness (QED) is 0.593. The Morgan fingerprint density at radius 3 is 2.60 bits per heavy atom. The molecular formula is C13H9NS. The summed E-state index contributed by atoms with van der Waals surface area (Å²) in [5.74, 6) is 0. The van der Waals surface area contributed by atoms with Gasteiger partial charge in [0.25, 0.3) is 0 Å². The Labute approximate surface area is 92.0 Å². The fraction of sp³-hybridized carbons (Fsp3) is 0. The molecule has 0 aliphatic heterocycles. The molecule has 0 spiro atoms. The SMILES string of the molecule is c1ccc(-c2ccc3scnc3c2)cc1. The van der Waals surface area contributed by atoms with Gasteiger partial charge in [-0.1, -0.05) is 36.4 Å².